The average Bonchev–Trinajstić information content (AvgIpc) is 3.23. The van der Waals surface area contributed by atoms with Crippen LogP contribution in [-0.2, 0) is 4.79 Å². The van der Waals surface area contributed by atoms with Crippen molar-refractivity contribution in [1.82, 2.24) is 9.47 Å². The number of phenolic OH excluding ortho intramolecular Hbond substituents is 1. The number of halogens is 1. The summed E-state index contributed by atoms with van der Waals surface area (Å²) in [6.07, 6.45) is 1.59. The van der Waals surface area contributed by atoms with Crippen LogP contribution in [-0.4, -0.2) is 54.9 Å². The van der Waals surface area contributed by atoms with Crippen LogP contribution in [0.5, 0.6) is 23.0 Å². The minimum Gasteiger partial charge on any atom is -0.504 e. The zero-order chi connectivity index (χ0) is 28.4. The van der Waals surface area contributed by atoms with Gasteiger partial charge in [0.15, 0.2) is 16.3 Å². The van der Waals surface area contributed by atoms with Crippen molar-refractivity contribution in [3.8, 4) is 23.0 Å². The molecule has 4 rings (SSSR count). The summed E-state index contributed by atoms with van der Waals surface area (Å²) in [4.78, 5) is 34.7. The largest absolute Gasteiger partial charge is 0.504 e. The van der Waals surface area contributed by atoms with Crippen LogP contribution < -0.4 is 29.1 Å². The summed E-state index contributed by atoms with van der Waals surface area (Å²) in [5, 5.41) is 10.7. The number of rotatable bonds is 8. The Morgan fingerprint density at radius 3 is 2.44 bits per heavy atom. The van der Waals surface area contributed by atoms with Gasteiger partial charge in [0.05, 0.1) is 37.1 Å². The van der Waals surface area contributed by atoms with Gasteiger partial charge in [-0.05, 0) is 57.2 Å². The Morgan fingerprint density at radius 2 is 1.82 bits per heavy atom. The van der Waals surface area contributed by atoms with Crippen molar-refractivity contribution in [2.45, 2.75) is 26.8 Å². The molecule has 1 aromatic heterocycles. The van der Waals surface area contributed by atoms with Crippen LogP contribution in [0.1, 0.15) is 37.9 Å². The minimum absolute atomic E-state index is 0.0915. The highest BCUT2D eigenvalue weighted by Gasteiger charge is 2.36. The van der Waals surface area contributed by atoms with Gasteiger partial charge in [0.2, 0.25) is 0 Å². The van der Waals surface area contributed by atoms with Gasteiger partial charge in [-0.15, -0.1) is 0 Å². The number of allylic oxidation sites excluding steroid dienone is 1. The first-order valence-electron chi connectivity index (χ1n) is 12.3. The summed E-state index contributed by atoms with van der Waals surface area (Å²) < 4.78 is 19.0. The van der Waals surface area contributed by atoms with E-state index in [9.17, 15) is 14.7 Å². The fourth-order valence-corrected chi connectivity index (χ4v) is 6.12. The molecule has 2 heterocycles. The molecule has 39 heavy (non-hydrogen) atoms. The number of hydrogen-bond acceptors (Lipinski definition) is 8. The predicted octanol–water partition coefficient (Wildman–Crippen LogP) is 3.60. The Kier molecular flexibility index (Phi) is 8.51. The second kappa shape index (κ2) is 11.7. The molecular weight excluding hydrogens is 586 g/mol. The number of nitrogens with zero attached hydrogens (tertiary/aromatic N) is 3. The number of ether oxygens (including phenoxy) is 3. The topological polar surface area (TPSA) is 103 Å². The highest BCUT2D eigenvalue weighted by molar-refractivity contribution is 9.10. The Hall–Kier alpha value is -3.57. The molecular formula is C28H30BrN3O6S. The summed E-state index contributed by atoms with van der Waals surface area (Å²) in [7, 11) is 4.55. The number of aromatic hydroxyl groups is 1. The standard InChI is InChI=1S/C28H30BrN3O6S/c1-7-31(8-2)27(35)23-15(3)30-28-32(24(23)19-14-18(36-4)9-10-20(19)37-5)26(34)22(39-28)12-16-11-17(29)13-21(38-6)25(16)33/h9-14,24,33H,7-8H2,1-6H3/b22-12+/t24-/m1/s1. The van der Waals surface area contributed by atoms with Crippen LogP contribution in [0.3, 0.4) is 0 Å². The van der Waals surface area contributed by atoms with Crippen molar-refractivity contribution >= 4 is 39.2 Å². The molecule has 206 valence electrons. The minimum atomic E-state index is -0.813. The van der Waals surface area contributed by atoms with E-state index in [-0.39, 0.29) is 23.0 Å². The molecule has 0 spiro atoms. The van der Waals surface area contributed by atoms with Crippen LogP contribution in [0.2, 0.25) is 0 Å². The highest BCUT2D eigenvalue weighted by Crippen LogP contribution is 2.38. The number of hydrogen-bond donors (Lipinski definition) is 1. The van der Waals surface area contributed by atoms with Crippen molar-refractivity contribution in [3.05, 3.63) is 76.9 Å². The number of carbonyl (C=O) groups is 1. The zero-order valence-corrected chi connectivity index (χ0v) is 25.0. The van der Waals surface area contributed by atoms with Crippen molar-refractivity contribution in [2.75, 3.05) is 34.4 Å². The van der Waals surface area contributed by atoms with Gasteiger partial charge in [0.25, 0.3) is 11.5 Å². The smallest absolute Gasteiger partial charge is 0.271 e. The molecule has 0 saturated heterocycles. The van der Waals surface area contributed by atoms with Crippen molar-refractivity contribution in [3.63, 3.8) is 0 Å². The molecule has 1 aliphatic rings. The quantitative estimate of drug-likeness (QED) is 0.415. The first-order valence-corrected chi connectivity index (χ1v) is 13.9. The fourth-order valence-electron chi connectivity index (χ4n) is 4.62. The van der Waals surface area contributed by atoms with Gasteiger partial charge in [-0.2, -0.15) is 0 Å². The molecule has 0 radical (unpaired) electrons. The predicted molar refractivity (Wildman–Crippen MR) is 154 cm³/mol. The molecule has 0 fully saturated rings. The second-order valence-electron chi connectivity index (χ2n) is 8.71. The molecule has 9 nitrogen and oxygen atoms in total. The lowest BCUT2D eigenvalue weighted by atomic mass is 9.93. The molecule has 1 aliphatic heterocycles. The molecule has 2 aromatic carbocycles. The SMILES string of the molecule is CCN(CC)C(=O)C1=C(C)N=c2s/c(=C/c3cc(Br)cc(OC)c3O)c(=O)n2[C@@H]1c1cc(OC)ccc1OC. The van der Waals surface area contributed by atoms with E-state index in [2.05, 4.69) is 15.9 Å². The first-order chi connectivity index (χ1) is 18.7. The maximum absolute atomic E-state index is 14.0. The molecule has 1 N–H and O–H groups in total. The molecule has 0 aliphatic carbocycles. The van der Waals surface area contributed by atoms with Crippen LogP contribution in [0.15, 0.2) is 55.9 Å². The first kappa shape index (κ1) is 28.4. The Balaban J connectivity index is 2.05. The second-order valence-corrected chi connectivity index (χ2v) is 10.6. The number of likely N-dealkylation sites (N-methyl/N-ethyl adjacent to an activating group) is 1. The van der Waals surface area contributed by atoms with Crippen molar-refractivity contribution in [2.24, 2.45) is 4.99 Å². The number of aromatic nitrogens is 1. The number of fused-ring (bicyclic) bond motifs is 1. The monoisotopic (exact) mass is 615 g/mol. The molecule has 3 aromatic rings. The number of methoxy groups -OCH3 is 3. The Bertz CT molecular complexity index is 1640. The van der Waals surface area contributed by atoms with Crippen LogP contribution in [0.25, 0.3) is 6.08 Å². The molecule has 1 atom stereocenters. The van der Waals surface area contributed by atoms with Crippen molar-refractivity contribution < 1.29 is 24.1 Å². The maximum atomic E-state index is 14.0. The van der Waals surface area contributed by atoms with Gasteiger partial charge in [-0.25, -0.2) is 4.99 Å². The highest BCUT2D eigenvalue weighted by atomic mass is 79.9. The van der Waals surface area contributed by atoms with Gasteiger partial charge < -0.3 is 24.2 Å². The van der Waals surface area contributed by atoms with Crippen LogP contribution in [0, 0.1) is 0 Å². The van der Waals surface area contributed by atoms with E-state index in [1.807, 2.05) is 13.8 Å². The third-order valence-electron chi connectivity index (χ3n) is 6.61. The summed E-state index contributed by atoms with van der Waals surface area (Å²) in [6, 6.07) is 7.81. The lowest BCUT2D eigenvalue weighted by Gasteiger charge is -2.30. The van der Waals surface area contributed by atoms with E-state index in [4.69, 9.17) is 19.2 Å². The molecule has 0 bridgehead atoms. The van der Waals surface area contributed by atoms with Gasteiger partial charge in [0, 0.05) is 28.7 Å². The lowest BCUT2D eigenvalue weighted by molar-refractivity contribution is -0.127. The molecule has 0 unspecified atom stereocenters. The van der Waals surface area contributed by atoms with E-state index >= 15 is 0 Å². The van der Waals surface area contributed by atoms with E-state index in [0.29, 0.717) is 60.8 Å². The summed E-state index contributed by atoms with van der Waals surface area (Å²) in [5.74, 6) is 1.03. The number of thiazole rings is 1. The number of phenols is 1. The lowest BCUT2D eigenvalue weighted by Crippen LogP contribution is -2.43. The summed E-state index contributed by atoms with van der Waals surface area (Å²) in [6.45, 7) is 6.60. The number of benzene rings is 2. The number of amides is 1. The Labute approximate surface area is 238 Å². The normalized spacial score (nSPS) is 15.1. The fraction of sp³-hybridized carbons (Fsp3) is 0.321. The van der Waals surface area contributed by atoms with E-state index in [1.54, 1.807) is 62.5 Å². The Morgan fingerprint density at radius 1 is 1.13 bits per heavy atom. The zero-order valence-electron chi connectivity index (χ0n) is 22.6. The van der Waals surface area contributed by atoms with E-state index in [0.717, 1.165) is 0 Å². The molecule has 11 heteroatoms. The summed E-state index contributed by atoms with van der Waals surface area (Å²) in [5.41, 5.74) is 1.54. The summed E-state index contributed by atoms with van der Waals surface area (Å²) >= 11 is 4.59. The van der Waals surface area contributed by atoms with E-state index in [1.165, 1.54) is 23.0 Å². The van der Waals surface area contributed by atoms with Gasteiger partial charge >= 0.3 is 0 Å². The third kappa shape index (κ3) is 5.20. The van der Waals surface area contributed by atoms with E-state index < -0.39 is 6.04 Å². The van der Waals surface area contributed by atoms with Crippen LogP contribution >= 0.6 is 27.3 Å². The number of carbonyl (C=O) groups excluding carboxylic acids is 1. The average molecular weight is 617 g/mol. The van der Waals surface area contributed by atoms with Crippen molar-refractivity contribution in [1.29, 1.82) is 0 Å². The van der Waals surface area contributed by atoms with Gasteiger partial charge in [-0.1, -0.05) is 27.3 Å². The van der Waals surface area contributed by atoms with Gasteiger partial charge in [0.1, 0.15) is 17.5 Å². The van der Waals surface area contributed by atoms with Crippen LogP contribution in [0.4, 0.5) is 0 Å². The third-order valence-corrected chi connectivity index (χ3v) is 8.05. The van der Waals surface area contributed by atoms with Gasteiger partial charge in [-0.3, -0.25) is 14.2 Å². The molecule has 1 amide bonds. The molecule has 0 saturated carbocycles. The maximum Gasteiger partial charge on any atom is 0.271 e.